The molecule has 0 aliphatic carbocycles. The van der Waals surface area contributed by atoms with Crippen molar-refractivity contribution >= 4 is 32.7 Å². The van der Waals surface area contributed by atoms with E-state index in [1.807, 2.05) is 0 Å². The van der Waals surface area contributed by atoms with Gasteiger partial charge in [-0.1, -0.05) is 54.1 Å². The molecule has 4 aromatic rings. The molecule has 0 amide bonds. The molecule has 4 rings (SSSR count). The van der Waals surface area contributed by atoms with Gasteiger partial charge < -0.3 is 8.60 Å². The molecule has 0 atom stereocenters. The zero-order chi connectivity index (χ0) is 23.1. The molecule has 0 saturated heterocycles. The summed E-state index contributed by atoms with van der Waals surface area (Å²) in [5.41, 5.74) is -5.97. The van der Waals surface area contributed by atoms with Crippen molar-refractivity contribution in [2.24, 2.45) is 0 Å². The van der Waals surface area contributed by atoms with Crippen molar-refractivity contribution in [1.82, 2.24) is 0 Å². The van der Waals surface area contributed by atoms with Gasteiger partial charge in [-0.05, 0) is 29.8 Å². The highest BCUT2D eigenvalue weighted by Crippen LogP contribution is 2.40. The highest BCUT2D eigenvalue weighted by molar-refractivity contribution is 7.88. The van der Waals surface area contributed by atoms with Gasteiger partial charge in [-0.25, -0.2) is 0 Å². The first-order valence-electron chi connectivity index (χ1n) is 9.00. The summed E-state index contributed by atoms with van der Waals surface area (Å²) < 4.78 is 73.3. The monoisotopic (exact) mass is 480 g/mol. The highest BCUT2D eigenvalue weighted by atomic mass is 35.5. The number of halogens is 4. The summed E-state index contributed by atoms with van der Waals surface area (Å²) in [5.74, 6) is -0.720. The van der Waals surface area contributed by atoms with Crippen LogP contribution in [0.25, 0.3) is 33.4 Å². The smallest absolute Gasteiger partial charge is 0.452 e. The molecular weight excluding hydrogens is 469 g/mol. The zero-order valence-electron chi connectivity index (χ0n) is 15.9. The maximum absolute atomic E-state index is 13.1. The molecule has 1 heterocycles. The van der Waals surface area contributed by atoms with Crippen LogP contribution < -0.4 is 9.61 Å². The molecule has 0 N–H and O–H groups in total. The minimum absolute atomic E-state index is 0.0321. The van der Waals surface area contributed by atoms with Crippen LogP contribution in [0.4, 0.5) is 13.2 Å². The second-order valence-corrected chi connectivity index (χ2v) is 8.62. The van der Waals surface area contributed by atoms with Crippen LogP contribution >= 0.6 is 11.6 Å². The summed E-state index contributed by atoms with van der Waals surface area (Å²) in [6.07, 6.45) is 0. The summed E-state index contributed by atoms with van der Waals surface area (Å²) in [6, 6.07) is 18.0. The first kappa shape index (κ1) is 21.9. The van der Waals surface area contributed by atoms with E-state index in [-0.39, 0.29) is 16.7 Å². The summed E-state index contributed by atoms with van der Waals surface area (Å²) >= 11 is 5.87. The van der Waals surface area contributed by atoms with E-state index in [0.717, 1.165) is 0 Å². The van der Waals surface area contributed by atoms with E-state index < -0.39 is 32.4 Å². The van der Waals surface area contributed by atoms with E-state index in [1.54, 1.807) is 30.3 Å². The SMILES string of the molecule is O=c1cc(-c2ccccc2)oc2c(OS(=O)(=O)C(F)(F)F)c(-c3ccc(Cl)cc3)ccc12. The van der Waals surface area contributed by atoms with Gasteiger partial charge >= 0.3 is 15.6 Å². The Kier molecular flexibility index (Phi) is 5.47. The Balaban J connectivity index is 2.05. The summed E-state index contributed by atoms with van der Waals surface area (Å²) in [7, 11) is -6.06. The fraction of sp³-hybridized carbons (Fsp3) is 0.0455. The molecule has 164 valence electrons. The van der Waals surface area contributed by atoms with Crippen LogP contribution in [-0.2, 0) is 10.1 Å². The van der Waals surface area contributed by atoms with Crippen molar-refractivity contribution in [1.29, 1.82) is 0 Å². The van der Waals surface area contributed by atoms with Crippen LogP contribution in [0, 0.1) is 0 Å². The van der Waals surface area contributed by atoms with E-state index in [4.69, 9.17) is 16.0 Å². The third-order valence-corrected chi connectivity index (χ3v) is 5.75. The van der Waals surface area contributed by atoms with Crippen LogP contribution in [0.1, 0.15) is 0 Å². The number of hydrogen-bond donors (Lipinski definition) is 0. The van der Waals surface area contributed by atoms with E-state index in [9.17, 15) is 26.4 Å². The Labute approximate surface area is 184 Å². The lowest BCUT2D eigenvalue weighted by molar-refractivity contribution is -0.0499. The predicted molar refractivity (Wildman–Crippen MR) is 114 cm³/mol. The molecule has 32 heavy (non-hydrogen) atoms. The van der Waals surface area contributed by atoms with Crippen LogP contribution in [0.15, 0.2) is 82.0 Å². The lowest BCUT2D eigenvalue weighted by atomic mass is 10.0. The first-order valence-corrected chi connectivity index (χ1v) is 10.8. The van der Waals surface area contributed by atoms with Gasteiger partial charge in [0, 0.05) is 22.2 Å². The average molecular weight is 481 g/mol. The molecule has 0 aliphatic heterocycles. The van der Waals surface area contributed by atoms with Crippen molar-refractivity contribution in [3.8, 4) is 28.2 Å². The molecule has 0 saturated carbocycles. The van der Waals surface area contributed by atoms with Crippen LogP contribution in [0.5, 0.6) is 5.75 Å². The Hall–Kier alpha value is -3.30. The van der Waals surface area contributed by atoms with Gasteiger partial charge in [0.25, 0.3) is 0 Å². The number of rotatable bonds is 4. The predicted octanol–water partition coefficient (Wildman–Crippen LogP) is 6.01. The topological polar surface area (TPSA) is 73.6 Å². The van der Waals surface area contributed by atoms with E-state index in [1.165, 1.54) is 42.5 Å². The van der Waals surface area contributed by atoms with Gasteiger partial charge in [0.05, 0.1) is 5.39 Å². The molecule has 0 unspecified atom stereocenters. The maximum atomic E-state index is 13.1. The van der Waals surface area contributed by atoms with E-state index in [0.29, 0.717) is 16.1 Å². The fourth-order valence-electron chi connectivity index (χ4n) is 3.04. The normalized spacial score (nSPS) is 12.1. The molecule has 0 fully saturated rings. The van der Waals surface area contributed by atoms with E-state index in [2.05, 4.69) is 4.18 Å². The molecule has 0 aliphatic rings. The Morgan fingerprint density at radius 1 is 0.875 bits per heavy atom. The first-order chi connectivity index (χ1) is 15.1. The number of fused-ring (bicyclic) bond motifs is 1. The Morgan fingerprint density at radius 3 is 2.16 bits per heavy atom. The van der Waals surface area contributed by atoms with Crippen molar-refractivity contribution in [2.45, 2.75) is 5.51 Å². The van der Waals surface area contributed by atoms with Gasteiger partial charge in [-0.3, -0.25) is 4.79 Å². The Bertz CT molecular complexity index is 1460. The number of alkyl halides is 3. The molecule has 0 spiro atoms. The van der Waals surface area contributed by atoms with Crippen molar-refractivity contribution < 1.29 is 30.2 Å². The second kappa shape index (κ2) is 7.99. The largest absolute Gasteiger partial charge is 0.534 e. The third kappa shape index (κ3) is 4.09. The average Bonchev–Trinajstić information content (AvgIpc) is 2.74. The molecule has 0 radical (unpaired) electrons. The van der Waals surface area contributed by atoms with Gasteiger partial charge in [-0.15, -0.1) is 0 Å². The van der Waals surface area contributed by atoms with Crippen molar-refractivity contribution in [3.63, 3.8) is 0 Å². The van der Waals surface area contributed by atoms with Gasteiger partial charge in [0.1, 0.15) is 5.76 Å². The highest BCUT2D eigenvalue weighted by Gasteiger charge is 2.49. The minimum Gasteiger partial charge on any atom is -0.452 e. The lowest BCUT2D eigenvalue weighted by Gasteiger charge is -2.15. The molecule has 5 nitrogen and oxygen atoms in total. The molecule has 10 heteroatoms. The molecule has 3 aromatic carbocycles. The molecule has 0 bridgehead atoms. The third-order valence-electron chi connectivity index (χ3n) is 4.54. The van der Waals surface area contributed by atoms with Crippen molar-refractivity contribution in [3.05, 3.63) is 88.0 Å². The number of hydrogen-bond acceptors (Lipinski definition) is 5. The molecular formula is C22H12ClF3O5S. The van der Waals surface area contributed by atoms with Crippen LogP contribution in [-0.4, -0.2) is 13.9 Å². The fourth-order valence-corrected chi connectivity index (χ4v) is 3.64. The van der Waals surface area contributed by atoms with Crippen LogP contribution in [0.2, 0.25) is 5.02 Å². The maximum Gasteiger partial charge on any atom is 0.534 e. The summed E-state index contributed by atoms with van der Waals surface area (Å²) in [5, 5.41) is 0.215. The van der Waals surface area contributed by atoms with E-state index >= 15 is 0 Å². The standard InChI is InChI=1S/C22H12ClF3O5S/c23-15-8-6-13(7-9-15)16-10-11-17-18(27)12-19(14-4-2-1-3-5-14)30-20(17)21(16)31-32(28,29)22(24,25)26/h1-12H. The minimum atomic E-state index is -6.06. The van der Waals surface area contributed by atoms with Crippen molar-refractivity contribution in [2.75, 3.05) is 0 Å². The quantitative estimate of drug-likeness (QED) is 0.264. The van der Waals surface area contributed by atoms with Crippen LogP contribution in [0.3, 0.4) is 0 Å². The molecule has 1 aromatic heterocycles. The summed E-state index contributed by atoms with van der Waals surface area (Å²) in [6.45, 7) is 0. The van der Waals surface area contributed by atoms with Gasteiger partial charge in [-0.2, -0.15) is 21.6 Å². The Morgan fingerprint density at radius 2 is 1.53 bits per heavy atom. The number of benzene rings is 3. The lowest BCUT2D eigenvalue weighted by Crippen LogP contribution is -2.28. The second-order valence-electron chi connectivity index (χ2n) is 6.65. The zero-order valence-corrected chi connectivity index (χ0v) is 17.5. The van der Waals surface area contributed by atoms with Gasteiger partial charge in [0.2, 0.25) is 0 Å². The summed E-state index contributed by atoms with van der Waals surface area (Å²) in [4.78, 5) is 12.7. The van der Waals surface area contributed by atoms with Gasteiger partial charge in [0.15, 0.2) is 16.8 Å².